The summed E-state index contributed by atoms with van der Waals surface area (Å²) in [6.07, 6.45) is 5.20. The largest absolute Gasteiger partial charge is 0.508 e. The standard InChI is InChI=1S/C8H11ClO/c1-6-5-7(10)3-4-8(6,2)9/h3-6,10H,1-2H3. The Balaban J connectivity index is 2.84. The average Bonchev–Trinajstić information content (AvgIpc) is 1.81. The van der Waals surface area contributed by atoms with Crippen molar-refractivity contribution in [1.82, 2.24) is 0 Å². The number of rotatable bonds is 0. The van der Waals surface area contributed by atoms with E-state index < -0.39 is 0 Å². The van der Waals surface area contributed by atoms with Crippen LogP contribution in [0.1, 0.15) is 13.8 Å². The van der Waals surface area contributed by atoms with Crippen LogP contribution in [0.5, 0.6) is 0 Å². The molecule has 1 rings (SSSR count). The summed E-state index contributed by atoms with van der Waals surface area (Å²) in [5.41, 5.74) is 0. The number of aliphatic hydroxyl groups excluding tert-OH is 1. The summed E-state index contributed by atoms with van der Waals surface area (Å²) in [6, 6.07) is 0. The van der Waals surface area contributed by atoms with Crippen LogP contribution in [0.4, 0.5) is 0 Å². The molecule has 1 N–H and O–H groups in total. The molecule has 1 aliphatic carbocycles. The van der Waals surface area contributed by atoms with Gasteiger partial charge in [-0.3, -0.25) is 0 Å². The van der Waals surface area contributed by atoms with Crippen LogP contribution >= 0.6 is 11.6 Å². The number of halogens is 1. The summed E-state index contributed by atoms with van der Waals surface area (Å²) in [4.78, 5) is -0.327. The van der Waals surface area contributed by atoms with Crippen molar-refractivity contribution >= 4 is 11.6 Å². The molecular formula is C8H11ClO. The van der Waals surface area contributed by atoms with Gasteiger partial charge in [0.15, 0.2) is 0 Å². The summed E-state index contributed by atoms with van der Waals surface area (Å²) in [5, 5.41) is 9.03. The maximum atomic E-state index is 9.03. The van der Waals surface area contributed by atoms with E-state index in [1.165, 1.54) is 0 Å². The Kier molecular flexibility index (Phi) is 1.78. The lowest BCUT2D eigenvalue weighted by Crippen LogP contribution is -2.24. The van der Waals surface area contributed by atoms with E-state index >= 15 is 0 Å². The quantitative estimate of drug-likeness (QED) is 0.538. The third kappa shape index (κ3) is 1.35. The summed E-state index contributed by atoms with van der Waals surface area (Å²) < 4.78 is 0. The van der Waals surface area contributed by atoms with Crippen LogP contribution in [0, 0.1) is 5.92 Å². The zero-order chi connectivity index (χ0) is 7.78. The first-order chi connectivity index (χ1) is 4.52. The molecule has 0 aliphatic heterocycles. The van der Waals surface area contributed by atoms with Gasteiger partial charge in [0.05, 0.1) is 4.87 Å². The lowest BCUT2D eigenvalue weighted by Gasteiger charge is -2.26. The van der Waals surface area contributed by atoms with Crippen molar-refractivity contribution in [3.05, 3.63) is 24.0 Å². The van der Waals surface area contributed by atoms with E-state index in [4.69, 9.17) is 16.7 Å². The first-order valence-corrected chi connectivity index (χ1v) is 3.69. The minimum atomic E-state index is -0.327. The molecule has 1 nitrogen and oxygen atoms in total. The van der Waals surface area contributed by atoms with Gasteiger partial charge in [-0.05, 0) is 19.1 Å². The normalized spacial score (nSPS) is 39.5. The second kappa shape index (κ2) is 2.31. The fraction of sp³-hybridized carbons (Fsp3) is 0.500. The molecule has 0 heterocycles. The van der Waals surface area contributed by atoms with E-state index in [2.05, 4.69) is 0 Å². The van der Waals surface area contributed by atoms with E-state index in [1.54, 1.807) is 12.2 Å². The Morgan fingerprint density at radius 1 is 1.70 bits per heavy atom. The Morgan fingerprint density at radius 3 is 2.70 bits per heavy atom. The van der Waals surface area contributed by atoms with Crippen LogP contribution in [0.3, 0.4) is 0 Å². The minimum absolute atomic E-state index is 0.194. The van der Waals surface area contributed by atoms with Crippen molar-refractivity contribution in [2.24, 2.45) is 5.92 Å². The first kappa shape index (κ1) is 7.67. The van der Waals surface area contributed by atoms with Gasteiger partial charge < -0.3 is 5.11 Å². The second-order valence-corrected chi connectivity index (χ2v) is 3.68. The smallest absolute Gasteiger partial charge is 0.111 e. The van der Waals surface area contributed by atoms with Crippen LogP contribution in [0.15, 0.2) is 24.0 Å². The molecule has 0 aromatic heterocycles. The van der Waals surface area contributed by atoms with Gasteiger partial charge in [-0.1, -0.05) is 13.0 Å². The highest BCUT2D eigenvalue weighted by Gasteiger charge is 2.26. The summed E-state index contributed by atoms with van der Waals surface area (Å²) in [6.45, 7) is 3.91. The maximum Gasteiger partial charge on any atom is 0.111 e. The molecule has 0 radical (unpaired) electrons. The van der Waals surface area contributed by atoms with Gasteiger partial charge >= 0.3 is 0 Å². The zero-order valence-electron chi connectivity index (χ0n) is 6.13. The van der Waals surface area contributed by atoms with E-state index in [0.29, 0.717) is 5.76 Å². The average molecular weight is 159 g/mol. The molecule has 10 heavy (non-hydrogen) atoms. The van der Waals surface area contributed by atoms with Gasteiger partial charge in [-0.25, -0.2) is 0 Å². The van der Waals surface area contributed by atoms with Gasteiger partial charge in [-0.2, -0.15) is 0 Å². The molecule has 0 saturated heterocycles. The van der Waals surface area contributed by atoms with Crippen LogP contribution in [0.2, 0.25) is 0 Å². The highest BCUT2D eigenvalue weighted by molar-refractivity contribution is 6.25. The molecule has 0 fully saturated rings. The first-order valence-electron chi connectivity index (χ1n) is 3.31. The highest BCUT2D eigenvalue weighted by Crippen LogP contribution is 2.31. The zero-order valence-corrected chi connectivity index (χ0v) is 6.89. The van der Waals surface area contributed by atoms with E-state index in [1.807, 2.05) is 19.9 Å². The predicted molar refractivity (Wildman–Crippen MR) is 43.3 cm³/mol. The fourth-order valence-corrected chi connectivity index (χ4v) is 1.00. The monoisotopic (exact) mass is 158 g/mol. The van der Waals surface area contributed by atoms with E-state index in [0.717, 1.165) is 0 Å². The minimum Gasteiger partial charge on any atom is -0.508 e. The molecule has 0 spiro atoms. The van der Waals surface area contributed by atoms with Crippen molar-refractivity contribution in [2.45, 2.75) is 18.7 Å². The molecule has 1 aliphatic rings. The lowest BCUT2D eigenvalue weighted by molar-refractivity contribution is 0.411. The Labute approximate surface area is 66.0 Å². The third-order valence-electron chi connectivity index (χ3n) is 1.89. The van der Waals surface area contributed by atoms with E-state index in [9.17, 15) is 0 Å². The number of allylic oxidation sites excluding steroid dienone is 3. The number of aliphatic hydroxyl groups is 1. The Bertz CT molecular complexity index is 191. The number of hydrogen-bond acceptors (Lipinski definition) is 1. The van der Waals surface area contributed by atoms with Gasteiger partial charge in [0, 0.05) is 5.92 Å². The van der Waals surface area contributed by atoms with Gasteiger partial charge in [-0.15, -0.1) is 11.6 Å². The second-order valence-electron chi connectivity index (χ2n) is 2.86. The topological polar surface area (TPSA) is 20.2 Å². The van der Waals surface area contributed by atoms with Crippen molar-refractivity contribution in [2.75, 3.05) is 0 Å². The van der Waals surface area contributed by atoms with Gasteiger partial charge in [0.25, 0.3) is 0 Å². The van der Waals surface area contributed by atoms with Crippen molar-refractivity contribution < 1.29 is 5.11 Å². The highest BCUT2D eigenvalue weighted by atomic mass is 35.5. The summed E-state index contributed by atoms with van der Waals surface area (Å²) >= 11 is 6.05. The predicted octanol–water partition coefficient (Wildman–Crippen LogP) is 2.63. The molecule has 0 amide bonds. The number of alkyl halides is 1. The molecule has 0 aromatic rings. The molecular weight excluding hydrogens is 148 g/mol. The van der Waals surface area contributed by atoms with Crippen LogP contribution < -0.4 is 0 Å². The van der Waals surface area contributed by atoms with Crippen LogP contribution in [-0.2, 0) is 0 Å². The number of hydrogen-bond donors (Lipinski definition) is 1. The molecule has 2 atom stereocenters. The van der Waals surface area contributed by atoms with Crippen molar-refractivity contribution in [3.8, 4) is 0 Å². The SMILES string of the molecule is CC1C=C(O)C=CC1(C)Cl. The van der Waals surface area contributed by atoms with Crippen LogP contribution in [0.25, 0.3) is 0 Å². The molecule has 56 valence electrons. The summed E-state index contributed by atoms with van der Waals surface area (Å²) in [7, 11) is 0. The van der Waals surface area contributed by atoms with Gasteiger partial charge in [0.1, 0.15) is 5.76 Å². The Morgan fingerprint density at radius 2 is 2.30 bits per heavy atom. The van der Waals surface area contributed by atoms with Gasteiger partial charge in [0.2, 0.25) is 0 Å². The molecule has 2 unspecified atom stereocenters. The molecule has 0 saturated carbocycles. The van der Waals surface area contributed by atoms with Crippen LogP contribution in [-0.4, -0.2) is 9.98 Å². The fourth-order valence-electron chi connectivity index (χ4n) is 0.875. The maximum absolute atomic E-state index is 9.03. The summed E-state index contributed by atoms with van der Waals surface area (Å²) in [5.74, 6) is 0.504. The molecule has 0 bridgehead atoms. The lowest BCUT2D eigenvalue weighted by atomic mass is 9.90. The molecule has 2 heteroatoms. The van der Waals surface area contributed by atoms with Crippen molar-refractivity contribution in [1.29, 1.82) is 0 Å². The van der Waals surface area contributed by atoms with E-state index in [-0.39, 0.29) is 10.8 Å². The Hall–Kier alpha value is -0.430. The third-order valence-corrected chi connectivity index (χ3v) is 2.36. The van der Waals surface area contributed by atoms with Crippen molar-refractivity contribution in [3.63, 3.8) is 0 Å². The molecule has 0 aromatic carbocycles.